The topological polar surface area (TPSA) is 54.0 Å². The second-order valence-corrected chi connectivity index (χ2v) is 5.73. The molecule has 1 aromatic carbocycles. The third-order valence-electron chi connectivity index (χ3n) is 4.18. The van der Waals surface area contributed by atoms with Crippen molar-refractivity contribution in [3.05, 3.63) is 17.7 Å². The molecule has 1 aromatic rings. The summed E-state index contributed by atoms with van der Waals surface area (Å²) in [6.07, 6.45) is -5.13. The van der Waals surface area contributed by atoms with E-state index in [9.17, 15) is 18.3 Å². The van der Waals surface area contributed by atoms with Crippen LogP contribution in [-0.4, -0.2) is 56.6 Å². The fourth-order valence-corrected chi connectivity index (χ4v) is 2.96. The molecular weight excluding hydrogens is 325 g/mol. The minimum Gasteiger partial charge on any atom is -0.502 e. The monoisotopic (exact) mass is 348 g/mol. The Morgan fingerprint density at radius 1 is 1.17 bits per heavy atom. The summed E-state index contributed by atoms with van der Waals surface area (Å²) in [4.78, 5) is 2.02. The minimum absolute atomic E-state index is 0.0550. The number of methoxy groups -OCH3 is 2. The number of nitrogens with zero attached hydrogens (tertiary/aromatic N) is 1. The average molecular weight is 348 g/mol. The number of rotatable bonds is 6. The Morgan fingerprint density at radius 3 is 2.17 bits per heavy atom. The van der Waals surface area contributed by atoms with E-state index >= 15 is 0 Å². The van der Waals surface area contributed by atoms with E-state index < -0.39 is 18.6 Å². The van der Waals surface area contributed by atoms with Gasteiger partial charge in [-0.25, -0.2) is 0 Å². The van der Waals surface area contributed by atoms with E-state index in [1.165, 1.54) is 14.2 Å². The predicted octanol–water partition coefficient (Wildman–Crippen LogP) is 2.70. The molecule has 2 rings (SSSR count). The molecule has 1 fully saturated rings. The van der Waals surface area contributed by atoms with Crippen LogP contribution in [0.2, 0.25) is 0 Å². The van der Waals surface area contributed by atoms with Crippen molar-refractivity contribution in [3.8, 4) is 17.2 Å². The van der Waals surface area contributed by atoms with Gasteiger partial charge in [-0.15, -0.1) is 0 Å². The highest BCUT2D eigenvalue weighted by atomic mass is 19.4. The van der Waals surface area contributed by atoms with Gasteiger partial charge in [-0.2, -0.15) is 13.2 Å². The molecule has 0 bridgehead atoms. The number of phenolic OH excluding ortho intramolecular Hbond substituents is 1. The van der Waals surface area contributed by atoms with E-state index in [4.69, 9.17) is 9.47 Å². The standard InChI is InChI=1S/C16H23F3N2O3/c1-23-13-9-11(10-14(24-2)15(13)22)12(3-4-16(17,18)19)21-7-5-20-6-8-21/h9-10,12,20,22H,3-8H2,1-2H3/t12-/m0/s1. The summed E-state index contributed by atoms with van der Waals surface area (Å²) in [6.45, 7) is 2.78. The summed E-state index contributed by atoms with van der Waals surface area (Å²) in [5.74, 6) is 0.228. The number of ether oxygens (including phenoxy) is 2. The van der Waals surface area contributed by atoms with Crippen LogP contribution in [0.15, 0.2) is 12.1 Å². The van der Waals surface area contributed by atoms with Crippen LogP contribution in [0.3, 0.4) is 0 Å². The molecule has 2 N–H and O–H groups in total. The number of alkyl halides is 3. The summed E-state index contributed by atoms with van der Waals surface area (Å²) < 4.78 is 48.5. The zero-order chi connectivity index (χ0) is 17.7. The fraction of sp³-hybridized carbons (Fsp3) is 0.625. The summed E-state index contributed by atoms with van der Waals surface area (Å²) in [7, 11) is 2.79. The van der Waals surface area contributed by atoms with E-state index in [0.29, 0.717) is 18.7 Å². The molecule has 1 atom stereocenters. The Balaban J connectivity index is 2.34. The van der Waals surface area contributed by atoms with Crippen molar-refractivity contribution in [1.82, 2.24) is 10.2 Å². The van der Waals surface area contributed by atoms with E-state index in [1.807, 2.05) is 4.90 Å². The first-order valence-electron chi connectivity index (χ1n) is 7.82. The molecule has 1 saturated heterocycles. The van der Waals surface area contributed by atoms with Gasteiger partial charge in [0.05, 0.1) is 14.2 Å². The molecule has 0 saturated carbocycles. The van der Waals surface area contributed by atoms with Crippen LogP contribution in [0, 0.1) is 0 Å². The number of phenols is 1. The van der Waals surface area contributed by atoms with Gasteiger partial charge in [0.25, 0.3) is 0 Å². The first-order chi connectivity index (χ1) is 11.4. The highest BCUT2D eigenvalue weighted by Gasteiger charge is 2.32. The average Bonchev–Trinajstić information content (AvgIpc) is 2.56. The second kappa shape index (κ2) is 7.94. The molecule has 0 amide bonds. The molecule has 8 heteroatoms. The van der Waals surface area contributed by atoms with Crippen LogP contribution in [0.25, 0.3) is 0 Å². The Hall–Kier alpha value is -1.67. The zero-order valence-electron chi connectivity index (χ0n) is 13.8. The molecule has 136 valence electrons. The van der Waals surface area contributed by atoms with Crippen LogP contribution in [0.1, 0.15) is 24.4 Å². The molecule has 5 nitrogen and oxygen atoms in total. The third-order valence-corrected chi connectivity index (χ3v) is 4.18. The summed E-state index contributed by atoms with van der Waals surface area (Å²) >= 11 is 0. The number of hydrogen-bond donors (Lipinski definition) is 2. The largest absolute Gasteiger partial charge is 0.502 e. The van der Waals surface area contributed by atoms with E-state index in [2.05, 4.69) is 5.32 Å². The van der Waals surface area contributed by atoms with Crippen molar-refractivity contribution in [1.29, 1.82) is 0 Å². The van der Waals surface area contributed by atoms with Crippen molar-refractivity contribution in [3.63, 3.8) is 0 Å². The molecule has 0 aliphatic carbocycles. The van der Waals surface area contributed by atoms with Crippen LogP contribution in [0.4, 0.5) is 13.2 Å². The maximum absolute atomic E-state index is 12.7. The minimum atomic E-state index is -4.21. The van der Waals surface area contributed by atoms with Crippen molar-refractivity contribution in [2.24, 2.45) is 0 Å². The number of nitrogens with one attached hydrogen (secondary N) is 1. The lowest BCUT2D eigenvalue weighted by Crippen LogP contribution is -2.45. The number of hydrogen-bond acceptors (Lipinski definition) is 5. The lowest BCUT2D eigenvalue weighted by atomic mass is 9.98. The molecule has 1 heterocycles. The first kappa shape index (κ1) is 18.7. The van der Waals surface area contributed by atoms with Gasteiger partial charge in [0, 0.05) is 38.6 Å². The van der Waals surface area contributed by atoms with Crippen LogP contribution >= 0.6 is 0 Å². The normalized spacial score (nSPS) is 17.5. The van der Waals surface area contributed by atoms with Crippen molar-refractivity contribution < 1.29 is 27.8 Å². The fourth-order valence-electron chi connectivity index (χ4n) is 2.96. The highest BCUT2D eigenvalue weighted by Crippen LogP contribution is 2.41. The SMILES string of the molecule is COc1cc([C@H](CCC(F)(F)F)N2CCNCC2)cc(OC)c1O. The third kappa shape index (κ3) is 4.67. The van der Waals surface area contributed by atoms with Gasteiger partial charge in [0.15, 0.2) is 11.5 Å². The number of aromatic hydroxyl groups is 1. The Kier molecular flexibility index (Phi) is 6.17. The molecular formula is C16H23F3N2O3. The first-order valence-corrected chi connectivity index (χ1v) is 7.82. The van der Waals surface area contributed by atoms with Gasteiger partial charge >= 0.3 is 6.18 Å². The molecule has 0 aromatic heterocycles. The van der Waals surface area contributed by atoms with Gasteiger partial charge in [0.1, 0.15) is 0 Å². The zero-order valence-corrected chi connectivity index (χ0v) is 13.8. The van der Waals surface area contributed by atoms with Crippen molar-refractivity contribution in [2.45, 2.75) is 25.1 Å². The van der Waals surface area contributed by atoms with Crippen LogP contribution in [-0.2, 0) is 0 Å². The molecule has 0 unspecified atom stereocenters. The molecule has 0 radical (unpaired) electrons. The smallest absolute Gasteiger partial charge is 0.389 e. The van der Waals surface area contributed by atoms with Gasteiger partial charge in [-0.3, -0.25) is 4.90 Å². The Morgan fingerprint density at radius 2 is 1.71 bits per heavy atom. The lowest BCUT2D eigenvalue weighted by molar-refractivity contribution is -0.138. The van der Waals surface area contributed by atoms with E-state index in [0.717, 1.165) is 13.1 Å². The molecule has 0 spiro atoms. The lowest BCUT2D eigenvalue weighted by Gasteiger charge is -2.35. The summed E-state index contributed by atoms with van der Waals surface area (Å²) in [5, 5.41) is 13.2. The predicted molar refractivity (Wildman–Crippen MR) is 83.7 cm³/mol. The molecule has 1 aliphatic rings. The van der Waals surface area contributed by atoms with Gasteiger partial charge in [-0.1, -0.05) is 0 Å². The van der Waals surface area contributed by atoms with Crippen LogP contribution < -0.4 is 14.8 Å². The van der Waals surface area contributed by atoms with E-state index in [-0.39, 0.29) is 23.7 Å². The quantitative estimate of drug-likeness (QED) is 0.828. The van der Waals surface area contributed by atoms with Gasteiger partial charge in [-0.05, 0) is 24.1 Å². The summed E-state index contributed by atoms with van der Waals surface area (Å²) in [5.41, 5.74) is 0.646. The number of benzene rings is 1. The van der Waals surface area contributed by atoms with Crippen molar-refractivity contribution in [2.75, 3.05) is 40.4 Å². The van der Waals surface area contributed by atoms with Gasteiger partial charge in [0.2, 0.25) is 5.75 Å². The Bertz CT molecular complexity index is 521. The molecule has 24 heavy (non-hydrogen) atoms. The Labute approximate surface area is 139 Å². The van der Waals surface area contributed by atoms with Gasteiger partial charge < -0.3 is 19.9 Å². The van der Waals surface area contributed by atoms with Crippen LogP contribution in [0.5, 0.6) is 17.2 Å². The number of halogens is 3. The second-order valence-electron chi connectivity index (χ2n) is 5.73. The van der Waals surface area contributed by atoms with E-state index in [1.54, 1.807) is 12.1 Å². The number of piperazine rings is 1. The maximum atomic E-state index is 12.7. The van der Waals surface area contributed by atoms with Crippen molar-refractivity contribution >= 4 is 0 Å². The highest BCUT2D eigenvalue weighted by molar-refractivity contribution is 5.53. The maximum Gasteiger partial charge on any atom is 0.389 e. The molecule has 1 aliphatic heterocycles. The summed E-state index contributed by atoms with van der Waals surface area (Å²) in [6, 6.07) is 2.75.